The predicted octanol–water partition coefficient (Wildman–Crippen LogP) is 2.58. The molecule has 0 atom stereocenters. The van der Waals surface area contributed by atoms with Crippen LogP contribution in [-0.2, 0) is 0 Å². The molecular weight excluding hydrogens is 216 g/mol. The molecule has 0 aromatic heterocycles. The fraction of sp³-hybridized carbons (Fsp3) is 0.0769. The van der Waals surface area contributed by atoms with Crippen LogP contribution in [0.1, 0.15) is 17.4 Å². The molecule has 1 aromatic carbocycles. The molecule has 0 radical (unpaired) electrons. The summed E-state index contributed by atoms with van der Waals surface area (Å²) in [5, 5.41) is 10.7. The van der Waals surface area contributed by atoms with Crippen molar-refractivity contribution in [2.24, 2.45) is 0 Å². The van der Waals surface area contributed by atoms with Crippen molar-refractivity contribution in [3.05, 3.63) is 42.2 Å². The van der Waals surface area contributed by atoms with Gasteiger partial charge >= 0.3 is 0 Å². The van der Waals surface area contributed by atoms with Crippen LogP contribution in [0.15, 0.2) is 36.5 Å². The van der Waals surface area contributed by atoms with Crippen LogP contribution in [-0.4, -0.2) is 20.7 Å². The van der Waals surface area contributed by atoms with Crippen LogP contribution < -0.4 is 0 Å². The number of pyridine rings is 1. The van der Waals surface area contributed by atoms with E-state index in [1.807, 2.05) is 24.3 Å². The standard InChI is InChI=1S/C13H10N2O2/c1-8(16)13-12-10(6-7-15(13)17)9-4-2-3-5-11(9)14-12/h2-7,17H,1H3. The molecule has 84 valence electrons. The van der Waals surface area contributed by atoms with E-state index in [-0.39, 0.29) is 11.5 Å². The van der Waals surface area contributed by atoms with Gasteiger partial charge in [0.15, 0.2) is 5.78 Å². The Morgan fingerprint density at radius 2 is 2.06 bits per heavy atom. The Labute approximate surface area is 97.4 Å². The second-order valence-corrected chi connectivity index (χ2v) is 3.96. The molecule has 2 aliphatic heterocycles. The van der Waals surface area contributed by atoms with Crippen molar-refractivity contribution in [2.75, 3.05) is 0 Å². The SMILES string of the molecule is CC(=O)c1c2nc3ccccc3c-2ccn1O. The highest BCUT2D eigenvalue weighted by atomic mass is 16.5. The summed E-state index contributed by atoms with van der Waals surface area (Å²) in [4.78, 5) is 15.9. The summed E-state index contributed by atoms with van der Waals surface area (Å²) in [6.45, 7) is 1.42. The van der Waals surface area contributed by atoms with Crippen molar-refractivity contribution in [2.45, 2.75) is 6.92 Å². The lowest BCUT2D eigenvalue weighted by Gasteiger charge is -2.08. The van der Waals surface area contributed by atoms with E-state index in [1.165, 1.54) is 13.1 Å². The second kappa shape index (κ2) is 3.31. The second-order valence-electron chi connectivity index (χ2n) is 3.96. The topological polar surface area (TPSA) is 55.1 Å². The van der Waals surface area contributed by atoms with Gasteiger partial charge in [0.1, 0.15) is 11.4 Å². The summed E-state index contributed by atoms with van der Waals surface area (Å²) in [5.74, 6) is -0.207. The van der Waals surface area contributed by atoms with Gasteiger partial charge in [-0.15, -0.1) is 0 Å². The lowest BCUT2D eigenvalue weighted by molar-refractivity contribution is 0.0960. The minimum absolute atomic E-state index is 0.207. The number of rotatable bonds is 1. The van der Waals surface area contributed by atoms with E-state index >= 15 is 0 Å². The van der Waals surface area contributed by atoms with Crippen LogP contribution in [0.4, 0.5) is 0 Å². The third kappa shape index (κ3) is 1.30. The number of fused-ring (bicyclic) bond motifs is 3. The Balaban J connectivity index is 2.48. The van der Waals surface area contributed by atoms with Crippen LogP contribution in [0.5, 0.6) is 0 Å². The molecule has 0 saturated heterocycles. The molecule has 0 saturated carbocycles. The van der Waals surface area contributed by atoms with E-state index in [1.54, 1.807) is 6.07 Å². The Morgan fingerprint density at radius 1 is 1.29 bits per heavy atom. The maximum Gasteiger partial charge on any atom is 0.181 e. The van der Waals surface area contributed by atoms with Crippen LogP contribution in [0.2, 0.25) is 0 Å². The molecule has 1 aromatic rings. The Bertz CT molecular complexity index is 700. The summed E-state index contributed by atoms with van der Waals surface area (Å²) in [6, 6.07) is 9.43. The molecule has 17 heavy (non-hydrogen) atoms. The number of carbonyl (C=O) groups excluding carboxylic acids is 1. The Hall–Kier alpha value is -2.36. The van der Waals surface area contributed by atoms with Crippen molar-refractivity contribution in [3.63, 3.8) is 0 Å². The van der Waals surface area contributed by atoms with Crippen molar-refractivity contribution >= 4 is 16.7 Å². The number of carbonyl (C=O) groups is 1. The molecule has 4 heteroatoms. The van der Waals surface area contributed by atoms with Crippen LogP contribution in [0.25, 0.3) is 22.2 Å². The van der Waals surface area contributed by atoms with Crippen molar-refractivity contribution in [3.8, 4) is 11.3 Å². The van der Waals surface area contributed by atoms with Gasteiger partial charge in [-0.05, 0) is 12.1 Å². The molecule has 0 aliphatic carbocycles. The van der Waals surface area contributed by atoms with E-state index in [2.05, 4.69) is 4.98 Å². The lowest BCUT2D eigenvalue weighted by atomic mass is 10.1. The zero-order valence-corrected chi connectivity index (χ0v) is 9.21. The number of Topliss-reactive ketones (excluding diaryl/α,β-unsaturated/α-hetero) is 1. The molecule has 0 fully saturated rings. The monoisotopic (exact) mass is 226 g/mol. The highest BCUT2D eigenvalue weighted by molar-refractivity contribution is 6.05. The van der Waals surface area contributed by atoms with E-state index in [0.29, 0.717) is 5.69 Å². The van der Waals surface area contributed by atoms with Crippen molar-refractivity contribution in [1.29, 1.82) is 0 Å². The first-order valence-corrected chi connectivity index (χ1v) is 5.28. The van der Waals surface area contributed by atoms with Gasteiger partial charge in [-0.3, -0.25) is 4.79 Å². The smallest absolute Gasteiger partial charge is 0.181 e. The minimum Gasteiger partial charge on any atom is -0.428 e. The van der Waals surface area contributed by atoms with Gasteiger partial charge in [0, 0.05) is 24.1 Å². The van der Waals surface area contributed by atoms with E-state index in [4.69, 9.17) is 0 Å². The third-order valence-electron chi connectivity index (χ3n) is 2.85. The predicted molar refractivity (Wildman–Crippen MR) is 63.5 cm³/mol. The number of para-hydroxylation sites is 1. The first-order valence-electron chi connectivity index (χ1n) is 5.28. The number of hydrogen-bond acceptors (Lipinski definition) is 3. The molecule has 0 unspecified atom stereocenters. The van der Waals surface area contributed by atoms with Gasteiger partial charge in [-0.1, -0.05) is 18.2 Å². The fourth-order valence-electron chi connectivity index (χ4n) is 2.11. The highest BCUT2D eigenvalue weighted by Gasteiger charge is 2.20. The third-order valence-corrected chi connectivity index (χ3v) is 2.85. The number of benzene rings is 1. The Morgan fingerprint density at radius 3 is 2.82 bits per heavy atom. The summed E-state index contributed by atoms with van der Waals surface area (Å²) in [6.07, 6.45) is 1.47. The molecule has 3 rings (SSSR count). The normalized spacial score (nSPS) is 11.1. The summed E-state index contributed by atoms with van der Waals surface area (Å²) < 4.78 is 0.830. The van der Waals surface area contributed by atoms with Gasteiger partial charge in [0.05, 0.1) is 5.52 Å². The molecule has 1 N–H and O–H groups in total. The first-order chi connectivity index (χ1) is 8.18. The minimum atomic E-state index is -0.207. The van der Waals surface area contributed by atoms with Crippen LogP contribution in [0.3, 0.4) is 0 Å². The average Bonchev–Trinajstić information content (AvgIpc) is 2.66. The molecule has 2 aliphatic rings. The average molecular weight is 226 g/mol. The summed E-state index contributed by atoms with van der Waals surface area (Å²) in [7, 11) is 0. The largest absolute Gasteiger partial charge is 0.428 e. The number of aromatic nitrogens is 2. The molecule has 0 spiro atoms. The number of hydrogen-bond donors (Lipinski definition) is 1. The first kappa shape index (κ1) is 9.84. The zero-order valence-electron chi connectivity index (χ0n) is 9.21. The molecule has 0 amide bonds. The molecule has 0 bridgehead atoms. The van der Waals surface area contributed by atoms with Crippen LogP contribution in [0, 0.1) is 0 Å². The zero-order chi connectivity index (χ0) is 12.0. The number of nitrogens with zero attached hydrogens (tertiary/aromatic N) is 2. The lowest BCUT2D eigenvalue weighted by Crippen LogP contribution is -2.09. The van der Waals surface area contributed by atoms with Gasteiger partial charge in [-0.25, -0.2) is 4.98 Å². The molecule has 4 nitrogen and oxygen atoms in total. The van der Waals surface area contributed by atoms with Gasteiger partial charge in [0.2, 0.25) is 0 Å². The van der Waals surface area contributed by atoms with E-state index in [0.717, 1.165) is 21.2 Å². The Kier molecular flexibility index (Phi) is 1.92. The van der Waals surface area contributed by atoms with Crippen molar-refractivity contribution in [1.82, 2.24) is 9.71 Å². The van der Waals surface area contributed by atoms with E-state index in [9.17, 15) is 10.0 Å². The van der Waals surface area contributed by atoms with Gasteiger partial charge < -0.3 is 5.21 Å². The maximum absolute atomic E-state index is 11.5. The van der Waals surface area contributed by atoms with Crippen LogP contribution >= 0.6 is 0 Å². The highest BCUT2D eigenvalue weighted by Crippen LogP contribution is 2.32. The van der Waals surface area contributed by atoms with Crippen molar-refractivity contribution < 1.29 is 10.0 Å². The molecule has 2 heterocycles. The van der Waals surface area contributed by atoms with E-state index < -0.39 is 0 Å². The maximum atomic E-state index is 11.5. The molecular formula is C13H10N2O2. The number of ketones is 1. The fourth-order valence-corrected chi connectivity index (χ4v) is 2.11. The quantitative estimate of drug-likeness (QED) is 0.512. The van der Waals surface area contributed by atoms with Gasteiger partial charge in [-0.2, -0.15) is 4.73 Å². The van der Waals surface area contributed by atoms with Gasteiger partial charge in [0.25, 0.3) is 0 Å². The summed E-state index contributed by atoms with van der Waals surface area (Å²) >= 11 is 0. The summed E-state index contributed by atoms with van der Waals surface area (Å²) in [5.41, 5.74) is 2.48.